The van der Waals surface area contributed by atoms with Gasteiger partial charge in [0.05, 0.1) is 19.1 Å². The summed E-state index contributed by atoms with van der Waals surface area (Å²) in [6.45, 7) is 1.35. The second-order valence-electron chi connectivity index (χ2n) is 5.32. The number of ether oxygens (including phenoxy) is 1. The largest absolute Gasteiger partial charge is 0.496 e. The number of methoxy groups -OCH3 is 1. The van der Waals surface area contributed by atoms with Crippen molar-refractivity contribution in [3.63, 3.8) is 0 Å². The van der Waals surface area contributed by atoms with Crippen molar-refractivity contribution >= 4 is 0 Å². The van der Waals surface area contributed by atoms with E-state index in [1.165, 1.54) is 29.8 Å². The summed E-state index contributed by atoms with van der Waals surface area (Å²) < 4.78 is 7.67. The van der Waals surface area contributed by atoms with Crippen molar-refractivity contribution in [1.82, 2.24) is 9.55 Å². The van der Waals surface area contributed by atoms with Crippen molar-refractivity contribution in [2.75, 3.05) is 7.11 Å². The zero-order valence-electron chi connectivity index (χ0n) is 11.9. The summed E-state index contributed by atoms with van der Waals surface area (Å²) in [5, 5.41) is 0. The number of imidazole rings is 1. The molecule has 106 valence electrons. The number of aryl methyl sites for hydroxylation is 1. The highest BCUT2D eigenvalue weighted by molar-refractivity contribution is 5.37. The molecule has 1 aromatic heterocycles. The van der Waals surface area contributed by atoms with Crippen LogP contribution in [0.2, 0.25) is 0 Å². The molecule has 1 aromatic carbocycles. The normalized spacial score (nSPS) is 14.1. The molecule has 0 bridgehead atoms. The Morgan fingerprint density at radius 3 is 2.95 bits per heavy atom. The van der Waals surface area contributed by atoms with Crippen LogP contribution in [0.1, 0.15) is 35.4 Å². The van der Waals surface area contributed by atoms with Gasteiger partial charge in [-0.05, 0) is 37.3 Å². The van der Waals surface area contributed by atoms with Crippen LogP contribution in [0, 0.1) is 0 Å². The monoisotopic (exact) mass is 271 g/mol. The van der Waals surface area contributed by atoms with Gasteiger partial charge in [-0.2, -0.15) is 0 Å². The molecule has 4 nitrogen and oxygen atoms in total. The van der Waals surface area contributed by atoms with Gasteiger partial charge in [0.1, 0.15) is 5.75 Å². The maximum Gasteiger partial charge on any atom is 0.123 e. The second kappa shape index (κ2) is 5.67. The van der Waals surface area contributed by atoms with E-state index in [1.54, 1.807) is 7.11 Å². The molecule has 4 heteroatoms. The summed E-state index contributed by atoms with van der Waals surface area (Å²) in [6.07, 6.45) is 6.78. The lowest BCUT2D eigenvalue weighted by Gasteiger charge is -2.15. The van der Waals surface area contributed by atoms with E-state index in [1.807, 2.05) is 6.33 Å². The first kappa shape index (κ1) is 13.2. The first-order valence-electron chi connectivity index (χ1n) is 7.20. The van der Waals surface area contributed by atoms with Crippen molar-refractivity contribution in [2.24, 2.45) is 5.73 Å². The highest BCUT2D eigenvalue weighted by Gasteiger charge is 2.15. The van der Waals surface area contributed by atoms with Crippen LogP contribution in [0.25, 0.3) is 0 Å². The summed E-state index contributed by atoms with van der Waals surface area (Å²) in [5.74, 6) is 0.874. The van der Waals surface area contributed by atoms with Crippen LogP contribution in [0.4, 0.5) is 0 Å². The molecule has 20 heavy (non-hydrogen) atoms. The molecule has 0 aliphatic heterocycles. The lowest BCUT2D eigenvalue weighted by Crippen LogP contribution is -2.09. The van der Waals surface area contributed by atoms with Crippen LogP contribution in [0.15, 0.2) is 24.5 Å². The van der Waals surface area contributed by atoms with E-state index in [-0.39, 0.29) is 0 Å². The summed E-state index contributed by atoms with van der Waals surface area (Å²) in [6, 6.07) is 6.26. The van der Waals surface area contributed by atoms with E-state index in [9.17, 15) is 0 Å². The van der Waals surface area contributed by atoms with Crippen LogP contribution in [0.5, 0.6) is 5.75 Å². The van der Waals surface area contributed by atoms with Gasteiger partial charge in [0, 0.05) is 24.3 Å². The molecule has 0 fully saturated rings. The molecule has 1 aliphatic carbocycles. The van der Waals surface area contributed by atoms with Crippen molar-refractivity contribution in [1.29, 1.82) is 0 Å². The van der Waals surface area contributed by atoms with Crippen LogP contribution in [0.3, 0.4) is 0 Å². The molecule has 0 saturated carbocycles. The SMILES string of the molecule is COc1cc(Cn2cnc3c2CCCC3)ccc1CN. The minimum absolute atomic E-state index is 0.504. The predicted octanol–water partition coefficient (Wildman–Crippen LogP) is 2.28. The third kappa shape index (κ3) is 2.43. The lowest BCUT2D eigenvalue weighted by molar-refractivity contribution is 0.409. The summed E-state index contributed by atoms with van der Waals surface area (Å²) in [4.78, 5) is 4.54. The van der Waals surface area contributed by atoms with E-state index >= 15 is 0 Å². The highest BCUT2D eigenvalue weighted by atomic mass is 16.5. The molecular formula is C16H21N3O. The Bertz CT molecular complexity index is 604. The van der Waals surface area contributed by atoms with Crippen LogP contribution < -0.4 is 10.5 Å². The van der Waals surface area contributed by atoms with Gasteiger partial charge in [-0.25, -0.2) is 4.98 Å². The average molecular weight is 271 g/mol. The topological polar surface area (TPSA) is 53.1 Å². The number of nitrogens with two attached hydrogens (primary N) is 1. The van der Waals surface area contributed by atoms with E-state index in [0.29, 0.717) is 6.54 Å². The van der Waals surface area contributed by atoms with Gasteiger partial charge in [-0.15, -0.1) is 0 Å². The number of rotatable bonds is 4. The molecule has 2 aromatic rings. The fourth-order valence-corrected chi connectivity index (χ4v) is 2.92. The number of hydrogen-bond acceptors (Lipinski definition) is 3. The number of hydrogen-bond donors (Lipinski definition) is 1. The fourth-order valence-electron chi connectivity index (χ4n) is 2.92. The Hall–Kier alpha value is -1.81. The first-order valence-corrected chi connectivity index (χ1v) is 7.20. The number of aromatic nitrogens is 2. The molecule has 0 unspecified atom stereocenters. The van der Waals surface area contributed by atoms with Crippen molar-refractivity contribution in [3.8, 4) is 5.75 Å². The molecular weight excluding hydrogens is 250 g/mol. The van der Waals surface area contributed by atoms with Crippen LogP contribution in [-0.2, 0) is 25.9 Å². The van der Waals surface area contributed by atoms with Crippen LogP contribution in [-0.4, -0.2) is 16.7 Å². The number of fused-ring (bicyclic) bond motifs is 1. The minimum atomic E-state index is 0.504. The molecule has 0 radical (unpaired) electrons. The Morgan fingerprint density at radius 2 is 2.15 bits per heavy atom. The van der Waals surface area contributed by atoms with Gasteiger partial charge < -0.3 is 15.0 Å². The molecule has 1 aliphatic rings. The quantitative estimate of drug-likeness (QED) is 0.928. The molecule has 1 heterocycles. The summed E-state index contributed by atoms with van der Waals surface area (Å²) in [7, 11) is 1.69. The lowest BCUT2D eigenvalue weighted by atomic mass is 10.0. The van der Waals surface area contributed by atoms with E-state index < -0.39 is 0 Å². The Labute approximate surface area is 119 Å². The second-order valence-corrected chi connectivity index (χ2v) is 5.32. The zero-order valence-corrected chi connectivity index (χ0v) is 11.9. The molecule has 0 saturated heterocycles. The highest BCUT2D eigenvalue weighted by Crippen LogP contribution is 2.23. The van der Waals surface area contributed by atoms with Crippen molar-refractivity contribution in [2.45, 2.75) is 38.8 Å². The van der Waals surface area contributed by atoms with Gasteiger partial charge in [-0.1, -0.05) is 12.1 Å². The van der Waals surface area contributed by atoms with Crippen molar-refractivity contribution in [3.05, 3.63) is 47.0 Å². The summed E-state index contributed by atoms with van der Waals surface area (Å²) in [5.41, 5.74) is 10.7. The zero-order chi connectivity index (χ0) is 13.9. The minimum Gasteiger partial charge on any atom is -0.496 e. The Morgan fingerprint density at radius 1 is 1.30 bits per heavy atom. The van der Waals surface area contributed by atoms with Gasteiger partial charge >= 0.3 is 0 Å². The molecule has 0 atom stereocenters. The average Bonchev–Trinajstić information content (AvgIpc) is 2.90. The number of benzene rings is 1. The van der Waals surface area contributed by atoms with E-state index in [2.05, 4.69) is 27.8 Å². The maximum absolute atomic E-state index is 5.71. The third-order valence-electron chi connectivity index (χ3n) is 4.03. The third-order valence-corrected chi connectivity index (χ3v) is 4.03. The summed E-state index contributed by atoms with van der Waals surface area (Å²) >= 11 is 0. The van der Waals surface area contributed by atoms with E-state index in [4.69, 9.17) is 10.5 Å². The molecule has 0 amide bonds. The standard InChI is InChI=1S/C16H21N3O/c1-20-16-8-12(6-7-13(16)9-17)10-19-11-18-14-4-2-3-5-15(14)19/h6-8,11H,2-5,9-10,17H2,1H3. The maximum atomic E-state index is 5.71. The molecule has 0 spiro atoms. The fraction of sp³-hybridized carbons (Fsp3) is 0.438. The Balaban J connectivity index is 1.86. The van der Waals surface area contributed by atoms with Gasteiger partial charge in [0.15, 0.2) is 0 Å². The van der Waals surface area contributed by atoms with E-state index in [0.717, 1.165) is 30.7 Å². The molecule has 2 N–H and O–H groups in total. The smallest absolute Gasteiger partial charge is 0.123 e. The van der Waals surface area contributed by atoms with Gasteiger partial charge in [0.25, 0.3) is 0 Å². The van der Waals surface area contributed by atoms with Crippen LogP contribution >= 0.6 is 0 Å². The molecule has 3 rings (SSSR count). The first-order chi connectivity index (χ1) is 9.81. The predicted molar refractivity (Wildman–Crippen MR) is 78.9 cm³/mol. The number of nitrogens with zero attached hydrogens (tertiary/aromatic N) is 2. The van der Waals surface area contributed by atoms with Crippen molar-refractivity contribution < 1.29 is 4.74 Å². The van der Waals surface area contributed by atoms with Gasteiger partial charge in [-0.3, -0.25) is 0 Å². The Kier molecular flexibility index (Phi) is 3.74. The van der Waals surface area contributed by atoms with Gasteiger partial charge in [0.2, 0.25) is 0 Å².